The van der Waals surface area contributed by atoms with E-state index in [1.165, 1.54) is 0 Å². The van der Waals surface area contributed by atoms with Gasteiger partial charge in [0.05, 0.1) is 27.7 Å². The number of halogens is 1. The molecular formula is C6H16ClN2O3-. The molecule has 0 aliphatic carbocycles. The molecule has 0 saturated heterocycles. The molecule has 0 saturated carbocycles. The first-order valence-corrected chi connectivity index (χ1v) is 3.17. The van der Waals surface area contributed by atoms with Gasteiger partial charge in [-0.25, -0.2) is 0 Å². The van der Waals surface area contributed by atoms with Crippen molar-refractivity contribution in [3.05, 3.63) is 0 Å². The van der Waals surface area contributed by atoms with Crippen LogP contribution in [0.15, 0.2) is 0 Å². The number of amides is 1. The first-order valence-electron chi connectivity index (χ1n) is 3.17. The Morgan fingerprint density at radius 3 is 1.75 bits per heavy atom. The molecule has 0 aromatic carbocycles. The van der Waals surface area contributed by atoms with Gasteiger partial charge in [0.1, 0.15) is 12.6 Å². The lowest BCUT2D eigenvalue weighted by Crippen LogP contribution is -3.00. The van der Waals surface area contributed by atoms with Crippen LogP contribution < -0.4 is 23.2 Å². The molecule has 0 spiro atoms. The minimum Gasteiger partial charge on any atom is -1.00 e. The van der Waals surface area contributed by atoms with E-state index in [4.69, 9.17) is 15.0 Å². The van der Waals surface area contributed by atoms with Gasteiger partial charge in [-0.15, -0.1) is 0 Å². The topological polar surface area (TPSA) is 86.4 Å². The van der Waals surface area contributed by atoms with Gasteiger partial charge in [-0.05, 0) is 0 Å². The standard InChI is InChI=1S/C5H14NO.CH3NO2.ClH/c1-6(2,3)4-5-7;2-1(3)4;/h7H,4-5H2,1-3H3;2H2,(H,3,4);1H/q+1;;/p-2. The number of nitrogens with zero attached hydrogens (tertiary/aromatic N) is 1. The number of rotatable bonds is 2. The van der Waals surface area contributed by atoms with Gasteiger partial charge in [0.15, 0.2) is 0 Å². The third-order valence-corrected chi connectivity index (χ3v) is 0.771. The van der Waals surface area contributed by atoms with Crippen LogP contribution in [-0.4, -0.2) is 50.0 Å². The number of aliphatic hydroxyl groups is 1. The highest BCUT2D eigenvalue weighted by molar-refractivity contribution is 5.58. The van der Waals surface area contributed by atoms with E-state index in [1.807, 2.05) is 0 Å². The molecule has 0 unspecified atom stereocenters. The van der Waals surface area contributed by atoms with Gasteiger partial charge in [-0.2, -0.15) is 0 Å². The molecule has 12 heavy (non-hydrogen) atoms. The van der Waals surface area contributed by atoms with Gasteiger partial charge in [0.25, 0.3) is 0 Å². The number of nitrogens with two attached hydrogens (primary N) is 1. The van der Waals surface area contributed by atoms with Crippen molar-refractivity contribution in [1.29, 1.82) is 0 Å². The largest absolute Gasteiger partial charge is 1.00 e. The molecule has 1 amide bonds. The van der Waals surface area contributed by atoms with Crippen molar-refractivity contribution in [3.63, 3.8) is 0 Å². The fraction of sp³-hybridized carbons (Fsp3) is 0.833. The number of quaternary nitrogens is 1. The maximum atomic E-state index is 8.67. The Labute approximate surface area is 78.8 Å². The van der Waals surface area contributed by atoms with Crippen LogP contribution in [0.25, 0.3) is 0 Å². The zero-order chi connectivity index (χ0) is 9.49. The summed E-state index contributed by atoms with van der Waals surface area (Å²) in [5, 5.41) is 17.1. The summed E-state index contributed by atoms with van der Waals surface area (Å²) < 4.78 is 0.844. The lowest BCUT2D eigenvalue weighted by molar-refractivity contribution is -0.870. The second-order valence-electron chi connectivity index (χ2n) is 3.06. The second kappa shape index (κ2) is 8.58. The number of aliphatic hydroxyl groups excluding tert-OH is 1. The summed E-state index contributed by atoms with van der Waals surface area (Å²) in [6.07, 6.45) is -1.58. The second-order valence-corrected chi connectivity index (χ2v) is 3.06. The third kappa shape index (κ3) is 56.3. The van der Waals surface area contributed by atoms with Crippen LogP contribution in [-0.2, 0) is 0 Å². The van der Waals surface area contributed by atoms with Crippen molar-refractivity contribution in [1.82, 2.24) is 0 Å². The number of hydrogen-bond donors (Lipinski definition) is 2. The molecule has 0 heterocycles. The molecule has 3 N–H and O–H groups in total. The number of carbonyl (C=O) groups excluding carboxylic acids is 1. The third-order valence-electron chi connectivity index (χ3n) is 0.771. The predicted molar refractivity (Wildman–Crippen MR) is 39.6 cm³/mol. The van der Waals surface area contributed by atoms with Crippen molar-refractivity contribution < 1.29 is 31.9 Å². The van der Waals surface area contributed by atoms with E-state index in [-0.39, 0.29) is 19.0 Å². The summed E-state index contributed by atoms with van der Waals surface area (Å²) in [5.41, 5.74) is 3.92. The lowest BCUT2D eigenvalue weighted by atomic mass is 10.5. The first-order chi connectivity index (χ1) is 4.79. The minimum absolute atomic E-state index is 0. The summed E-state index contributed by atoms with van der Waals surface area (Å²) >= 11 is 0. The number of primary amides is 1. The zero-order valence-corrected chi connectivity index (χ0v) is 8.34. The highest BCUT2D eigenvalue weighted by Gasteiger charge is 2.02. The van der Waals surface area contributed by atoms with Crippen molar-refractivity contribution >= 4 is 6.09 Å². The first kappa shape index (κ1) is 17.5. The Morgan fingerprint density at radius 1 is 1.50 bits per heavy atom. The summed E-state index contributed by atoms with van der Waals surface area (Å²) in [6.45, 7) is 1.11. The fourth-order valence-corrected chi connectivity index (χ4v) is 0.300. The molecule has 0 aromatic heterocycles. The Hall–Kier alpha value is -0.520. The maximum absolute atomic E-state index is 8.67. The highest BCUT2D eigenvalue weighted by Crippen LogP contribution is 1.84. The van der Waals surface area contributed by atoms with Gasteiger partial charge in [0.2, 0.25) is 0 Å². The predicted octanol–water partition coefficient (Wildman–Crippen LogP) is -5.02. The molecule has 76 valence electrons. The average molecular weight is 200 g/mol. The number of carbonyl (C=O) groups is 1. The average Bonchev–Trinajstić information content (AvgIpc) is 1.58. The van der Waals surface area contributed by atoms with E-state index in [1.54, 1.807) is 0 Å². The monoisotopic (exact) mass is 199 g/mol. The van der Waals surface area contributed by atoms with Crippen molar-refractivity contribution in [2.45, 2.75) is 0 Å². The molecule has 0 radical (unpaired) electrons. The van der Waals surface area contributed by atoms with Gasteiger partial charge in [-0.3, -0.25) is 0 Å². The molecule has 0 atom stereocenters. The Kier molecular flexibility index (Phi) is 12.5. The van der Waals surface area contributed by atoms with Crippen LogP contribution >= 0.6 is 0 Å². The van der Waals surface area contributed by atoms with E-state index >= 15 is 0 Å². The van der Waals surface area contributed by atoms with E-state index < -0.39 is 6.09 Å². The van der Waals surface area contributed by atoms with Crippen LogP contribution in [0.5, 0.6) is 0 Å². The van der Waals surface area contributed by atoms with E-state index in [0.717, 1.165) is 11.0 Å². The van der Waals surface area contributed by atoms with Crippen LogP contribution in [0, 0.1) is 0 Å². The summed E-state index contributed by atoms with van der Waals surface area (Å²) in [4.78, 5) is 8.67. The van der Waals surface area contributed by atoms with Crippen LogP contribution in [0.4, 0.5) is 4.79 Å². The Balaban J connectivity index is -0.000000142. The molecule has 0 aliphatic rings. The highest BCUT2D eigenvalue weighted by atomic mass is 35.5. The maximum Gasteiger partial charge on any atom is 0.131 e. The Morgan fingerprint density at radius 2 is 1.75 bits per heavy atom. The summed E-state index contributed by atoms with van der Waals surface area (Å²) in [7, 11) is 6.16. The van der Waals surface area contributed by atoms with Crippen LogP contribution in [0.1, 0.15) is 0 Å². The number of hydrogen-bond acceptors (Lipinski definition) is 3. The van der Waals surface area contributed by atoms with Crippen molar-refractivity contribution in [2.75, 3.05) is 34.3 Å². The van der Waals surface area contributed by atoms with Crippen LogP contribution in [0.2, 0.25) is 0 Å². The van der Waals surface area contributed by atoms with Gasteiger partial charge in [0, 0.05) is 0 Å². The number of likely N-dealkylation sites (N-methyl/N-ethyl adjacent to an activating group) is 1. The van der Waals surface area contributed by atoms with Crippen molar-refractivity contribution in [2.24, 2.45) is 5.73 Å². The SMILES string of the molecule is C[N+](C)(C)CCO.NC(=O)[O-].[Cl-]. The zero-order valence-electron chi connectivity index (χ0n) is 7.58. The van der Waals surface area contributed by atoms with Gasteiger partial charge < -0.3 is 37.6 Å². The van der Waals surface area contributed by atoms with E-state index in [2.05, 4.69) is 26.9 Å². The number of carboxylic acid groups (broad SMARTS) is 1. The smallest absolute Gasteiger partial charge is 0.131 e. The normalized spacial score (nSPS) is 9.00. The molecule has 0 fully saturated rings. The van der Waals surface area contributed by atoms with E-state index in [0.29, 0.717) is 0 Å². The lowest BCUT2D eigenvalue weighted by Gasteiger charge is -2.21. The summed E-state index contributed by atoms with van der Waals surface area (Å²) in [5.74, 6) is 0. The molecule has 0 rings (SSSR count). The molecular weight excluding hydrogens is 184 g/mol. The Bertz CT molecular complexity index is 110. The fourth-order valence-electron chi connectivity index (χ4n) is 0.300. The minimum atomic E-state index is -1.58. The quantitative estimate of drug-likeness (QED) is 0.437. The molecule has 0 aliphatic heterocycles. The van der Waals surface area contributed by atoms with Gasteiger partial charge >= 0.3 is 0 Å². The molecule has 0 bridgehead atoms. The van der Waals surface area contributed by atoms with Crippen molar-refractivity contribution in [3.8, 4) is 0 Å². The van der Waals surface area contributed by atoms with Crippen LogP contribution in [0.3, 0.4) is 0 Å². The summed E-state index contributed by atoms with van der Waals surface area (Å²) in [6, 6.07) is 0. The van der Waals surface area contributed by atoms with E-state index in [9.17, 15) is 0 Å². The van der Waals surface area contributed by atoms with Gasteiger partial charge in [-0.1, -0.05) is 0 Å². The molecule has 6 heteroatoms. The molecule has 5 nitrogen and oxygen atoms in total. The molecule has 0 aromatic rings.